The number of aromatic nitrogens is 1. The third kappa shape index (κ3) is 3.80. The second-order valence-electron chi connectivity index (χ2n) is 4.69. The molecule has 0 bridgehead atoms. The van der Waals surface area contributed by atoms with E-state index in [4.69, 9.17) is 0 Å². The molecule has 0 fully saturated rings. The maximum Gasteiger partial charge on any atom is 0.115 e. The molecule has 2 aromatic rings. The van der Waals surface area contributed by atoms with Crippen LogP contribution in [-0.4, -0.2) is 16.6 Å². The largest absolute Gasteiger partial charge is 0.508 e. The van der Waals surface area contributed by atoms with Crippen LogP contribution in [0.1, 0.15) is 29.9 Å². The molecule has 2 N–H and O–H groups in total. The number of rotatable bonds is 5. The highest BCUT2D eigenvalue weighted by molar-refractivity contribution is 5.28. The van der Waals surface area contributed by atoms with Gasteiger partial charge in [0.2, 0.25) is 0 Å². The number of pyridine rings is 1. The molecule has 0 saturated carbocycles. The van der Waals surface area contributed by atoms with Crippen molar-refractivity contribution in [1.29, 1.82) is 0 Å². The van der Waals surface area contributed by atoms with Crippen molar-refractivity contribution in [1.82, 2.24) is 10.3 Å². The summed E-state index contributed by atoms with van der Waals surface area (Å²) in [5.41, 5.74) is 3.18. The Morgan fingerprint density at radius 2 is 2.00 bits per heavy atom. The van der Waals surface area contributed by atoms with Crippen LogP contribution in [0, 0.1) is 6.92 Å². The lowest BCUT2D eigenvalue weighted by atomic mass is 10.0. The molecule has 0 radical (unpaired) electrons. The molecule has 0 spiro atoms. The second kappa shape index (κ2) is 6.34. The minimum atomic E-state index is 0.173. The van der Waals surface area contributed by atoms with Gasteiger partial charge in [-0.3, -0.25) is 4.98 Å². The summed E-state index contributed by atoms with van der Waals surface area (Å²) >= 11 is 0. The molecule has 3 heteroatoms. The van der Waals surface area contributed by atoms with Crippen LogP contribution in [-0.2, 0) is 6.42 Å². The number of aromatic hydroxyl groups is 1. The molecule has 1 aromatic heterocycles. The summed E-state index contributed by atoms with van der Waals surface area (Å²) in [5, 5.41) is 13.0. The summed E-state index contributed by atoms with van der Waals surface area (Å²) in [7, 11) is 0. The number of aryl methyl sites for hydroxylation is 1. The van der Waals surface area contributed by atoms with Gasteiger partial charge in [0, 0.05) is 5.69 Å². The van der Waals surface area contributed by atoms with Gasteiger partial charge >= 0.3 is 0 Å². The van der Waals surface area contributed by atoms with Crippen LogP contribution in [0.2, 0.25) is 0 Å². The zero-order valence-corrected chi connectivity index (χ0v) is 11.4. The molecule has 1 heterocycles. The Hall–Kier alpha value is -1.87. The highest BCUT2D eigenvalue weighted by Crippen LogP contribution is 2.19. The topological polar surface area (TPSA) is 45.1 Å². The first kappa shape index (κ1) is 13.6. The first-order chi connectivity index (χ1) is 9.19. The van der Waals surface area contributed by atoms with Crippen molar-refractivity contribution in [2.24, 2.45) is 0 Å². The van der Waals surface area contributed by atoms with Crippen molar-refractivity contribution in [2.45, 2.75) is 26.3 Å². The third-order valence-corrected chi connectivity index (χ3v) is 3.07. The number of phenols is 1. The molecule has 19 heavy (non-hydrogen) atoms. The zero-order valence-electron chi connectivity index (χ0n) is 11.4. The number of likely N-dealkylation sites (N-methyl/N-ethyl adjacent to an activating group) is 1. The Labute approximate surface area is 114 Å². The van der Waals surface area contributed by atoms with Gasteiger partial charge in [0.05, 0.1) is 11.7 Å². The molecule has 0 aliphatic heterocycles. The molecule has 1 unspecified atom stereocenters. The Kier molecular flexibility index (Phi) is 4.53. The summed E-state index contributed by atoms with van der Waals surface area (Å²) in [5.74, 6) is 0.310. The van der Waals surface area contributed by atoms with E-state index in [-0.39, 0.29) is 6.04 Å². The molecule has 1 aromatic carbocycles. The summed E-state index contributed by atoms with van der Waals surface area (Å²) in [6.07, 6.45) is 0.818. The lowest BCUT2D eigenvalue weighted by molar-refractivity contribution is 0.473. The van der Waals surface area contributed by atoms with Gasteiger partial charge in [0.1, 0.15) is 5.75 Å². The number of hydrogen-bond donors (Lipinski definition) is 2. The number of nitrogens with one attached hydrogen (secondary N) is 1. The Balaban J connectivity index is 2.21. The Morgan fingerprint density at radius 3 is 2.68 bits per heavy atom. The van der Waals surface area contributed by atoms with Crippen LogP contribution in [0.15, 0.2) is 42.5 Å². The molecular weight excluding hydrogens is 236 g/mol. The fourth-order valence-electron chi connectivity index (χ4n) is 2.21. The van der Waals surface area contributed by atoms with Gasteiger partial charge < -0.3 is 10.4 Å². The lowest BCUT2D eigenvalue weighted by Gasteiger charge is -2.18. The van der Waals surface area contributed by atoms with E-state index in [1.165, 1.54) is 0 Å². The molecule has 0 aliphatic rings. The van der Waals surface area contributed by atoms with Gasteiger partial charge in [0.25, 0.3) is 0 Å². The zero-order chi connectivity index (χ0) is 13.7. The standard InChI is InChI=1S/C16H20N2O/c1-3-17-16(15-9-4-6-12(2)18-15)11-13-7-5-8-14(19)10-13/h4-10,16-17,19H,3,11H2,1-2H3. The molecule has 1 atom stereocenters. The number of hydrogen-bond acceptors (Lipinski definition) is 3. The van der Waals surface area contributed by atoms with Crippen molar-refractivity contribution in [3.05, 3.63) is 59.4 Å². The normalized spacial score (nSPS) is 12.3. The van der Waals surface area contributed by atoms with Crippen molar-refractivity contribution in [3.63, 3.8) is 0 Å². The predicted molar refractivity (Wildman–Crippen MR) is 77.2 cm³/mol. The molecular formula is C16H20N2O. The van der Waals surface area contributed by atoms with Gasteiger partial charge in [0.15, 0.2) is 0 Å². The average molecular weight is 256 g/mol. The van der Waals surface area contributed by atoms with Gasteiger partial charge in [-0.15, -0.1) is 0 Å². The van der Waals surface area contributed by atoms with Gasteiger partial charge in [-0.2, -0.15) is 0 Å². The summed E-state index contributed by atoms with van der Waals surface area (Å²) in [6, 6.07) is 13.6. The van der Waals surface area contributed by atoms with Crippen LogP contribution in [0.5, 0.6) is 5.75 Å². The van der Waals surface area contributed by atoms with Crippen LogP contribution in [0.25, 0.3) is 0 Å². The molecule has 2 rings (SSSR count). The van der Waals surface area contributed by atoms with E-state index in [9.17, 15) is 5.11 Å². The SMILES string of the molecule is CCNC(Cc1cccc(O)c1)c1cccc(C)n1. The Bertz CT molecular complexity index is 540. The molecule has 3 nitrogen and oxygen atoms in total. The van der Waals surface area contributed by atoms with Crippen LogP contribution in [0.3, 0.4) is 0 Å². The third-order valence-electron chi connectivity index (χ3n) is 3.07. The van der Waals surface area contributed by atoms with Gasteiger partial charge in [-0.05, 0) is 49.7 Å². The van der Waals surface area contributed by atoms with Crippen molar-refractivity contribution in [3.8, 4) is 5.75 Å². The lowest BCUT2D eigenvalue weighted by Crippen LogP contribution is -2.24. The first-order valence-corrected chi connectivity index (χ1v) is 6.64. The van der Waals surface area contributed by atoms with Crippen molar-refractivity contribution < 1.29 is 5.11 Å². The monoisotopic (exact) mass is 256 g/mol. The number of nitrogens with zero attached hydrogens (tertiary/aromatic N) is 1. The molecule has 0 aliphatic carbocycles. The Morgan fingerprint density at radius 1 is 1.21 bits per heavy atom. The van der Waals surface area contributed by atoms with E-state index in [0.29, 0.717) is 5.75 Å². The fourth-order valence-corrected chi connectivity index (χ4v) is 2.21. The number of phenolic OH excluding ortho intramolecular Hbond substituents is 1. The quantitative estimate of drug-likeness (QED) is 0.864. The maximum atomic E-state index is 9.53. The summed E-state index contributed by atoms with van der Waals surface area (Å²) in [4.78, 5) is 4.59. The van der Waals surface area contributed by atoms with Crippen LogP contribution < -0.4 is 5.32 Å². The van der Waals surface area contributed by atoms with E-state index in [1.54, 1.807) is 12.1 Å². The maximum absolute atomic E-state index is 9.53. The van der Waals surface area contributed by atoms with Gasteiger partial charge in [-0.1, -0.05) is 25.1 Å². The van der Waals surface area contributed by atoms with E-state index in [0.717, 1.165) is 29.9 Å². The van der Waals surface area contributed by atoms with E-state index in [1.807, 2.05) is 37.3 Å². The van der Waals surface area contributed by atoms with Gasteiger partial charge in [-0.25, -0.2) is 0 Å². The average Bonchev–Trinajstić information content (AvgIpc) is 2.38. The summed E-state index contributed by atoms with van der Waals surface area (Å²) < 4.78 is 0. The van der Waals surface area contributed by atoms with Crippen LogP contribution in [0.4, 0.5) is 0 Å². The van der Waals surface area contributed by atoms with E-state index < -0.39 is 0 Å². The van der Waals surface area contributed by atoms with Crippen molar-refractivity contribution >= 4 is 0 Å². The molecule has 0 amide bonds. The minimum absolute atomic E-state index is 0.173. The predicted octanol–water partition coefficient (Wildman–Crippen LogP) is 2.99. The second-order valence-corrected chi connectivity index (χ2v) is 4.69. The highest BCUT2D eigenvalue weighted by atomic mass is 16.3. The molecule has 100 valence electrons. The van der Waals surface area contributed by atoms with Crippen LogP contribution >= 0.6 is 0 Å². The van der Waals surface area contributed by atoms with E-state index in [2.05, 4.69) is 17.2 Å². The minimum Gasteiger partial charge on any atom is -0.508 e. The number of benzene rings is 1. The fraction of sp³-hybridized carbons (Fsp3) is 0.312. The van der Waals surface area contributed by atoms with E-state index >= 15 is 0 Å². The van der Waals surface area contributed by atoms with Crippen molar-refractivity contribution in [2.75, 3.05) is 6.54 Å². The summed E-state index contributed by atoms with van der Waals surface area (Å²) in [6.45, 7) is 4.98. The highest BCUT2D eigenvalue weighted by Gasteiger charge is 2.12. The molecule has 0 saturated heterocycles. The first-order valence-electron chi connectivity index (χ1n) is 6.64. The smallest absolute Gasteiger partial charge is 0.115 e.